The van der Waals surface area contributed by atoms with Gasteiger partial charge < -0.3 is 14.6 Å². The fraction of sp³-hybridized carbons (Fsp3) is 0.111. The van der Waals surface area contributed by atoms with Crippen molar-refractivity contribution in [3.05, 3.63) is 119 Å². The van der Waals surface area contributed by atoms with Crippen LogP contribution in [0.4, 0.5) is 5.69 Å². The largest absolute Gasteiger partial charge is 0.375 e. The third kappa shape index (κ3) is 3.86. The van der Waals surface area contributed by atoms with Crippen LogP contribution in [-0.4, -0.2) is 21.4 Å². The van der Waals surface area contributed by atoms with Crippen LogP contribution < -0.4 is 4.90 Å². The van der Waals surface area contributed by atoms with Gasteiger partial charge in [-0.15, -0.1) is 0 Å². The highest BCUT2D eigenvalue weighted by Crippen LogP contribution is 2.43. The number of ketones is 1. The molecule has 3 aromatic carbocycles. The van der Waals surface area contributed by atoms with Crippen molar-refractivity contribution in [2.24, 2.45) is 0 Å². The molecule has 1 amide bonds. The smallest absolute Gasteiger partial charge is 0.264 e. The van der Waals surface area contributed by atoms with Gasteiger partial charge in [-0.25, -0.2) is 0 Å². The molecule has 1 atom stereocenters. The number of aliphatic hydroxyl groups is 1. The molecule has 0 spiro atoms. The first-order chi connectivity index (χ1) is 16.0. The molecule has 0 radical (unpaired) electrons. The summed E-state index contributed by atoms with van der Waals surface area (Å²) in [7, 11) is 0. The zero-order chi connectivity index (χ0) is 23.0. The fourth-order valence-corrected chi connectivity index (χ4v) is 4.39. The van der Waals surface area contributed by atoms with Gasteiger partial charge in [0.2, 0.25) is 0 Å². The maximum absolute atomic E-state index is 13.4. The summed E-state index contributed by atoms with van der Waals surface area (Å²) in [6.45, 7) is 0.273. The van der Waals surface area contributed by atoms with Crippen LogP contribution in [0.3, 0.4) is 0 Å². The van der Waals surface area contributed by atoms with Gasteiger partial charge in [0.15, 0.2) is 11.4 Å². The number of fused-ring (bicyclic) bond motifs is 1. The van der Waals surface area contributed by atoms with Crippen molar-refractivity contribution in [2.45, 2.75) is 18.6 Å². The van der Waals surface area contributed by atoms with E-state index in [2.05, 4.69) is 0 Å². The van der Waals surface area contributed by atoms with E-state index in [0.29, 0.717) is 21.8 Å². The lowest BCUT2D eigenvalue weighted by atomic mass is 9.88. The molecule has 164 valence electrons. The van der Waals surface area contributed by atoms with E-state index in [-0.39, 0.29) is 18.7 Å². The lowest BCUT2D eigenvalue weighted by Gasteiger charge is -2.23. The van der Waals surface area contributed by atoms with Gasteiger partial charge in [-0.1, -0.05) is 41.9 Å². The van der Waals surface area contributed by atoms with Gasteiger partial charge in [-0.05, 0) is 60.2 Å². The predicted octanol–water partition coefficient (Wildman–Crippen LogP) is 5.14. The van der Waals surface area contributed by atoms with Crippen LogP contribution in [0.5, 0.6) is 0 Å². The molecular formula is C27H21ClN2O3. The summed E-state index contributed by atoms with van der Waals surface area (Å²) in [5.41, 5.74) is 1.38. The summed E-state index contributed by atoms with van der Waals surface area (Å²) >= 11 is 5.98. The van der Waals surface area contributed by atoms with E-state index in [1.54, 1.807) is 42.5 Å². The number of nitrogens with zero attached hydrogens (tertiary/aromatic N) is 2. The van der Waals surface area contributed by atoms with Gasteiger partial charge in [0.25, 0.3) is 5.91 Å². The number of hydrogen-bond acceptors (Lipinski definition) is 3. The van der Waals surface area contributed by atoms with E-state index in [4.69, 9.17) is 11.6 Å². The van der Waals surface area contributed by atoms with Gasteiger partial charge in [-0.3, -0.25) is 9.59 Å². The molecule has 1 aliphatic heterocycles. The van der Waals surface area contributed by atoms with E-state index in [9.17, 15) is 14.7 Å². The number of rotatable bonds is 6. The van der Waals surface area contributed by atoms with Crippen LogP contribution in [0.2, 0.25) is 5.02 Å². The molecule has 0 saturated heterocycles. The molecule has 5 nitrogen and oxygen atoms in total. The fourth-order valence-electron chi connectivity index (χ4n) is 4.27. The number of para-hydroxylation sites is 1. The minimum Gasteiger partial charge on any atom is -0.375 e. The molecule has 5 rings (SSSR count). The highest BCUT2D eigenvalue weighted by Gasteiger charge is 2.50. The number of Topliss-reactive ketones (excluding diaryl/α,β-unsaturated/α-hetero) is 1. The average molecular weight is 457 g/mol. The molecule has 0 bridgehead atoms. The zero-order valence-electron chi connectivity index (χ0n) is 17.7. The van der Waals surface area contributed by atoms with Crippen molar-refractivity contribution in [3.8, 4) is 5.69 Å². The lowest BCUT2D eigenvalue weighted by Crippen LogP contribution is -2.41. The third-order valence-corrected chi connectivity index (χ3v) is 6.25. The van der Waals surface area contributed by atoms with E-state index in [1.165, 1.54) is 4.90 Å². The summed E-state index contributed by atoms with van der Waals surface area (Å²) in [5.74, 6) is -0.802. The Hall–Kier alpha value is -3.67. The molecule has 2 heterocycles. The van der Waals surface area contributed by atoms with Crippen molar-refractivity contribution < 1.29 is 14.7 Å². The van der Waals surface area contributed by atoms with Crippen LogP contribution >= 0.6 is 11.6 Å². The van der Waals surface area contributed by atoms with Crippen molar-refractivity contribution in [1.82, 2.24) is 4.57 Å². The van der Waals surface area contributed by atoms with Crippen molar-refractivity contribution in [2.75, 3.05) is 4.90 Å². The summed E-state index contributed by atoms with van der Waals surface area (Å²) in [6.07, 6.45) is 3.51. The Morgan fingerprint density at radius 1 is 0.879 bits per heavy atom. The molecule has 1 aliphatic rings. The first-order valence-corrected chi connectivity index (χ1v) is 11.0. The minimum absolute atomic E-state index is 0.273. The number of carbonyl (C=O) groups excluding carboxylic acids is 2. The van der Waals surface area contributed by atoms with Gasteiger partial charge in [-0.2, -0.15) is 0 Å². The highest BCUT2D eigenvalue weighted by molar-refractivity contribution is 6.30. The van der Waals surface area contributed by atoms with Crippen molar-refractivity contribution in [1.29, 1.82) is 0 Å². The number of benzene rings is 3. The predicted molar refractivity (Wildman–Crippen MR) is 128 cm³/mol. The van der Waals surface area contributed by atoms with Crippen LogP contribution in [0.15, 0.2) is 97.3 Å². The molecule has 33 heavy (non-hydrogen) atoms. The molecule has 1 N–H and O–H groups in total. The Bertz CT molecular complexity index is 1310. The number of halogens is 1. The molecule has 0 saturated carbocycles. The Morgan fingerprint density at radius 2 is 1.55 bits per heavy atom. The van der Waals surface area contributed by atoms with Crippen LogP contribution in [-0.2, 0) is 16.9 Å². The standard InChI is InChI=1S/C27H21ClN2O3/c28-21-11-7-19(8-12-21)18-30-24-6-2-1-5-23(24)27(33,26(30)32)17-25(31)20-9-13-22(14-10-20)29-15-3-4-16-29/h1-16,33H,17-18H2. The average Bonchev–Trinajstić information content (AvgIpc) is 3.44. The number of aromatic nitrogens is 1. The van der Waals surface area contributed by atoms with Gasteiger partial charge >= 0.3 is 0 Å². The maximum atomic E-state index is 13.4. The molecular weight excluding hydrogens is 436 g/mol. The summed E-state index contributed by atoms with van der Waals surface area (Å²) in [4.78, 5) is 28.1. The Balaban J connectivity index is 1.41. The lowest BCUT2D eigenvalue weighted by molar-refractivity contribution is -0.136. The van der Waals surface area contributed by atoms with Crippen molar-refractivity contribution >= 4 is 29.0 Å². The van der Waals surface area contributed by atoms with Crippen LogP contribution in [0.1, 0.15) is 27.9 Å². The number of hydrogen-bond donors (Lipinski definition) is 1. The molecule has 4 aromatic rings. The summed E-state index contributed by atoms with van der Waals surface area (Å²) in [5, 5.41) is 12.1. The maximum Gasteiger partial charge on any atom is 0.264 e. The zero-order valence-corrected chi connectivity index (χ0v) is 18.4. The molecule has 6 heteroatoms. The normalized spacial score (nSPS) is 17.3. The van der Waals surface area contributed by atoms with Gasteiger partial charge in [0.1, 0.15) is 0 Å². The molecule has 1 unspecified atom stereocenters. The van der Waals surface area contributed by atoms with E-state index in [0.717, 1.165) is 11.3 Å². The van der Waals surface area contributed by atoms with E-state index in [1.807, 2.05) is 59.4 Å². The Kier molecular flexibility index (Phi) is 5.36. The number of anilines is 1. The van der Waals surface area contributed by atoms with E-state index >= 15 is 0 Å². The minimum atomic E-state index is -1.92. The molecule has 0 fully saturated rings. The Labute approximate surface area is 196 Å². The molecule has 1 aromatic heterocycles. The van der Waals surface area contributed by atoms with E-state index < -0.39 is 11.5 Å². The second kappa shape index (κ2) is 8.35. The second-order valence-corrected chi connectivity index (χ2v) is 8.57. The highest BCUT2D eigenvalue weighted by atomic mass is 35.5. The van der Waals surface area contributed by atoms with Crippen molar-refractivity contribution in [3.63, 3.8) is 0 Å². The second-order valence-electron chi connectivity index (χ2n) is 8.13. The quantitative estimate of drug-likeness (QED) is 0.409. The summed E-state index contributed by atoms with van der Waals surface area (Å²) in [6, 6.07) is 25.2. The monoisotopic (exact) mass is 456 g/mol. The SMILES string of the molecule is O=C(CC1(O)C(=O)N(Cc2ccc(Cl)cc2)c2ccccc21)c1ccc(-n2cccc2)cc1. The Morgan fingerprint density at radius 3 is 2.24 bits per heavy atom. The number of amides is 1. The first-order valence-electron chi connectivity index (χ1n) is 10.6. The topological polar surface area (TPSA) is 62.5 Å². The van der Waals surface area contributed by atoms with Gasteiger partial charge in [0, 0.05) is 34.2 Å². The molecule has 0 aliphatic carbocycles. The van der Waals surface area contributed by atoms with Crippen LogP contribution in [0, 0.1) is 0 Å². The number of carbonyl (C=O) groups is 2. The third-order valence-electron chi connectivity index (χ3n) is 6.00. The van der Waals surface area contributed by atoms with Crippen LogP contribution in [0.25, 0.3) is 5.69 Å². The summed E-state index contributed by atoms with van der Waals surface area (Å²) < 4.78 is 1.94. The van der Waals surface area contributed by atoms with Gasteiger partial charge in [0.05, 0.1) is 18.7 Å². The first kappa shape index (κ1) is 21.2.